The monoisotopic (exact) mass is 379 g/mol. The number of nitrogens with zero attached hydrogens (tertiary/aromatic N) is 4. The molecule has 7 nitrogen and oxygen atoms in total. The van der Waals surface area contributed by atoms with Gasteiger partial charge in [0.15, 0.2) is 0 Å². The number of benzene rings is 1. The number of rotatable bonds is 5. The number of fused-ring (bicyclic) bond motifs is 1. The summed E-state index contributed by atoms with van der Waals surface area (Å²) in [6, 6.07) is 10.3. The average molecular weight is 379 g/mol. The van der Waals surface area contributed by atoms with Gasteiger partial charge in [0.2, 0.25) is 5.91 Å². The molecule has 1 aromatic heterocycles. The van der Waals surface area contributed by atoms with E-state index in [1.165, 1.54) is 0 Å². The molecule has 4 rings (SSSR count). The predicted molar refractivity (Wildman–Crippen MR) is 107 cm³/mol. The summed E-state index contributed by atoms with van der Waals surface area (Å²) >= 11 is 0. The molecule has 0 radical (unpaired) electrons. The Morgan fingerprint density at radius 1 is 1.39 bits per heavy atom. The molecule has 2 aliphatic heterocycles. The van der Waals surface area contributed by atoms with Gasteiger partial charge >= 0.3 is 0 Å². The first kappa shape index (κ1) is 18.5. The van der Waals surface area contributed by atoms with E-state index in [-0.39, 0.29) is 18.0 Å². The molecule has 2 fully saturated rings. The van der Waals surface area contributed by atoms with Crippen LogP contribution in [0.15, 0.2) is 30.5 Å². The van der Waals surface area contributed by atoms with Crippen molar-refractivity contribution < 1.29 is 9.53 Å². The summed E-state index contributed by atoms with van der Waals surface area (Å²) in [7, 11) is 1.64. The first-order valence-corrected chi connectivity index (χ1v) is 9.78. The summed E-state index contributed by atoms with van der Waals surface area (Å²) in [5, 5.41) is 13.8. The molecule has 28 heavy (non-hydrogen) atoms. The Balaban J connectivity index is 1.39. The van der Waals surface area contributed by atoms with Gasteiger partial charge in [-0.3, -0.25) is 14.7 Å². The van der Waals surface area contributed by atoms with Crippen LogP contribution < -0.4 is 10.1 Å². The van der Waals surface area contributed by atoms with Crippen LogP contribution in [0.3, 0.4) is 0 Å². The Bertz CT molecular complexity index is 909. The quantitative estimate of drug-likeness (QED) is 0.858. The van der Waals surface area contributed by atoms with Gasteiger partial charge in [0.05, 0.1) is 31.4 Å². The van der Waals surface area contributed by atoms with Gasteiger partial charge in [-0.05, 0) is 37.5 Å². The Morgan fingerprint density at radius 3 is 3.11 bits per heavy atom. The molecule has 1 unspecified atom stereocenters. The van der Waals surface area contributed by atoms with Crippen molar-refractivity contribution in [2.45, 2.75) is 31.3 Å². The molecule has 0 bridgehead atoms. The van der Waals surface area contributed by atoms with E-state index in [1.807, 2.05) is 18.2 Å². The fourth-order valence-electron chi connectivity index (χ4n) is 4.16. The van der Waals surface area contributed by atoms with Crippen molar-refractivity contribution in [3.63, 3.8) is 0 Å². The summed E-state index contributed by atoms with van der Waals surface area (Å²) in [6.45, 7) is 2.78. The zero-order valence-electron chi connectivity index (χ0n) is 16.1. The lowest BCUT2D eigenvalue weighted by molar-refractivity contribution is -0.132. The number of carbonyl (C=O) groups excluding carboxylic acids is 1. The summed E-state index contributed by atoms with van der Waals surface area (Å²) in [4.78, 5) is 20.9. The van der Waals surface area contributed by atoms with E-state index in [4.69, 9.17) is 4.74 Å². The molecule has 2 atom stereocenters. The van der Waals surface area contributed by atoms with Crippen molar-refractivity contribution in [2.75, 3.05) is 38.6 Å². The smallest absolute Gasteiger partial charge is 0.237 e. The number of ether oxygens (including phenoxy) is 1. The molecular weight excluding hydrogens is 354 g/mol. The van der Waals surface area contributed by atoms with Gasteiger partial charge in [0.25, 0.3) is 0 Å². The van der Waals surface area contributed by atoms with Crippen molar-refractivity contribution >= 4 is 22.5 Å². The second kappa shape index (κ2) is 8.03. The molecule has 1 aromatic carbocycles. The molecule has 1 amide bonds. The minimum Gasteiger partial charge on any atom is -0.495 e. The number of carbonyl (C=O) groups is 1. The van der Waals surface area contributed by atoms with Crippen LogP contribution in [0.4, 0.5) is 5.69 Å². The van der Waals surface area contributed by atoms with Crippen LogP contribution in [-0.2, 0) is 4.79 Å². The van der Waals surface area contributed by atoms with Gasteiger partial charge in [0.1, 0.15) is 11.8 Å². The molecule has 2 aliphatic rings. The number of pyridine rings is 1. The summed E-state index contributed by atoms with van der Waals surface area (Å²) < 4.78 is 5.31. The Labute approximate surface area is 164 Å². The van der Waals surface area contributed by atoms with Crippen molar-refractivity contribution in [1.82, 2.24) is 14.8 Å². The number of likely N-dealkylation sites (tertiary alicyclic amines) is 2. The predicted octanol–water partition coefficient (Wildman–Crippen LogP) is 2.24. The number of hydrogen-bond acceptors (Lipinski definition) is 6. The van der Waals surface area contributed by atoms with E-state index in [2.05, 4.69) is 27.3 Å². The van der Waals surface area contributed by atoms with Crippen LogP contribution in [-0.4, -0.2) is 66.1 Å². The van der Waals surface area contributed by atoms with E-state index < -0.39 is 0 Å². The molecule has 0 saturated carbocycles. The lowest BCUT2D eigenvalue weighted by atomic mass is 10.1. The topological polar surface area (TPSA) is 81.5 Å². The van der Waals surface area contributed by atoms with E-state index in [9.17, 15) is 10.1 Å². The van der Waals surface area contributed by atoms with Gasteiger partial charge in [-0.1, -0.05) is 6.07 Å². The first-order chi connectivity index (χ1) is 13.7. The van der Waals surface area contributed by atoms with Crippen LogP contribution in [0, 0.1) is 11.3 Å². The lowest BCUT2D eigenvalue weighted by Crippen LogP contribution is -2.42. The number of aromatic nitrogens is 1. The molecular formula is C21H25N5O2. The third-order valence-corrected chi connectivity index (χ3v) is 5.65. The highest BCUT2D eigenvalue weighted by molar-refractivity contribution is 5.92. The largest absolute Gasteiger partial charge is 0.495 e. The van der Waals surface area contributed by atoms with Crippen molar-refractivity contribution in [2.24, 2.45) is 0 Å². The molecule has 1 N–H and O–H groups in total. The zero-order chi connectivity index (χ0) is 19.5. The summed E-state index contributed by atoms with van der Waals surface area (Å²) in [5.74, 6) is 0.807. The van der Waals surface area contributed by atoms with Crippen molar-refractivity contribution in [3.8, 4) is 11.8 Å². The SMILES string of the molecule is COc1cnc2cccc(N[C@@H]3CCN(CC(=O)N4CCCC4C#N)C3)c2c1. The van der Waals surface area contributed by atoms with Gasteiger partial charge in [-0.25, -0.2) is 0 Å². The molecule has 146 valence electrons. The standard InChI is InChI=1S/C21H25N5O2/c1-28-17-10-18-19(23-12-17)5-2-6-20(18)24-15-7-9-25(13-15)14-21(27)26-8-3-4-16(26)11-22/h2,5-6,10,12,15-16,24H,3-4,7-9,13-14H2,1H3/t15-,16?/m1/s1. The Hall–Kier alpha value is -2.85. The third-order valence-electron chi connectivity index (χ3n) is 5.65. The lowest BCUT2D eigenvalue weighted by Gasteiger charge is -2.23. The minimum atomic E-state index is -0.248. The highest BCUT2D eigenvalue weighted by Crippen LogP contribution is 2.27. The summed E-state index contributed by atoms with van der Waals surface area (Å²) in [6.07, 6.45) is 4.42. The highest BCUT2D eigenvalue weighted by atomic mass is 16.5. The molecule has 2 aromatic rings. The second-order valence-corrected chi connectivity index (χ2v) is 7.49. The number of nitriles is 1. The van der Waals surface area contributed by atoms with E-state index >= 15 is 0 Å². The maximum absolute atomic E-state index is 12.6. The summed E-state index contributed by atoms with van der Waals surface area (Å²) in [5.41, 5.74) is 1.96. The molecule has 2 saturated heterocycles. The van der Waals surface area contributed by atoms with E-state index in [0.717, 1.165) is 54.7 Å². The van der Waals surface area contributed by atoms with E-state index in [1.54, 1.807) is 18.2 Å². The number of anilines is 1. The fourth-order valence-corrected chi connectivity index (χ4v) is 4.16. The molecule has 3 heterocycles. The first-order valence-electron chi connectivity index (χ1n) is 9.78. The van der Waals surface area contributed by atoms with E-state index in [0.29, 0.717) is 13.1 Å². The second-order valence-electron chi connectivity index (χ2n) is 7.49. The fraction of sp³-hybridized carbons (Fsp3) is 0.476. The Morgan fingerprint density at radius 2 is 2.29 bits per heavy atom. The third kappa shape index (κ3) is 3.73. The Kier molecular flexibility index (Phi) is 5.31. The van der Waals surface area contributed by atoms with Crippen LogP contribution in [0.1, 0.15) is 19.3 Å². The van der Waals surface area contributed by atoms with Crippen molar-refractivity contribution in [3.05, 3.63) is 30.5 Å². The number of hydrogen-bond donors (Lipinski definition) is 1. The number of methoxy groups -OCH3 is 1. The maximum atomic E-state index is 12.6. The molecule has 7 heteroatoms. The normalized spacial score (nSPS) is 22.4. The van der Waals surface area contributed by atoms with Crippen LogP contribution in [0.2, 0.25) is 0 Å². The number of nitrogens with one attached hydrogen (secondary N) is 1. The van der Waals surface area contributed by atoms with Gasteiger partial charge in [0, 0.05) is 36.7 Å². The number of amides is 1. The van der Waals surface area contributed by atoms with Crippen LogP contribution in [0.5, 0.6) is 5.75 Å². The molecule has 0 aliphatic carbocycles. The highest BCUT2D eigenvalue weighted by Gasteiger charge is 2.31. The zero-order valence-corrected chi connectivity index (χ0v) is 16.1. The van der Waals surface area contributed by atoms with Gasteiger partial charge < -0.3 is 15.0 Å². The van der Waals surface area contributed by atoms with Gasteiger partial charge in [-0.15, -0.1) is 0 Å². The maximum Gasteiger partial charge on any atom is 0.237 e. The average Bonchev–Trinajstić information content (AvgIpc) is 3.37. The molecule has 0 spiro atoms. The van der Waals surface area contributed by atoms with Crippen LogP contribution in [0.25, 0.3) is 10.9 Å². The van der Waals surface area contributed by atoms with Gasteiger partial charge in [-0.2, -0.15) is 5.26 Å². The van der Waals surface area contributed by atoms with Crippen molar-refractivity contribution in [1.29, 1.82) is 5.26 Å². The minimum absolute atomic E-state index is 0.0730. The van der Waals surface area contributed by atoms with Crippen LogP contribution >= 0.6 is 0 Å².